The lowest BCUT2D eigenvalue weighted by Gasteiger charge is -2.44. The molecule has 0 aromatic heterocycles. The molecule has 0 unspecified atom stereocenters. The van der Waals surface area contributed by atoms with Crippen molar-refractivity contribution < 1.29 is 0 Å². The molecule has 0 fully saturated rings. The van der Waals surface area contributed by atoms with E-state index in [0.29, 0.717) is 0 Å². The van der Waals surface area contributed by atoms with Crippen molar-refractivity contribution in [2.45, 2.75) is 0 Å². The summed E-state index contributed by atoms with van der Waals surface area (Å²) in [7, 11) is 0. The van der Waals surface area contributed by atoms with E-state index in [4.69, 9.17) is 0 Å². The van der Waals surface area contributed by atoms with E-state index in [2.05, 4.69) is 283 Å². The predicted molar refractivity (Wildman–Crippen MR) is 331 cm³/mol. The molecule has 0 radical (unpaired) electrons. The summed E-state index contributed by atoms with van der Waals surface area (Å²) in [5.74, 6) is 0. The Morgan fingerprint density at radius 3 is 1.00 bits per heavy atom. The molecular formula is C74H45BN2. The van der Waals surface area contributed by atoms with Gasteiger partial charge in [-0.1, -0.05) is 188 Å². The Balaban J connectivity index is 0.991. The average Bonchev–Trinajstić information content (AvgIpc) is 3.65. The van der Waals surface area contributed by atoms with Gasteiger partial charge in [-0.25, -0.2) is 0 Å². The van der Waals surface area contributed by atoms with Gasteiger partial charge in [0.05, 0.1) is 0 Å². The molecule has 0 N–H and O–H groups in total. The minimum absolute atomic E-state index is 0.0871. The van der Waals surface area contributed by atoms with E-state index in [1.165, 1.54) is 148 Å². The van der Waals surface area contributed by atoms with E-state index in [9.17, 15) is 0 Å². The number of hydrogen-bond donors (Lipinski definition) is 0. The molecule has 0 atom stereocenters. The first-order valence-corrected chi connectivity index (χ1v) is 26.8. The standard InChI is InChI=1S/C74H45BN2/c1-3-12-46(13-4-1)48-26-30-64(31-27-48)76-68-42-61-36-54-18-9-7-16-52(54)34-59(61)40-66(68)75-67-41-60-35-53-17-8-10-19-55(53)37-62(60)43-69(67)77(65-32-28-49(29-33-65)47-14-5-2-6-15-47)71-45-63(44-70(76)74(71)75)58-38-56-24-22-50-20-11-21-51-23-25-57(39-58)73(56)72(50)51/h1-45H. The minimum atomic E-state index is -0.0871. The van der Waals surface area contributed by atoms with Gasteiger partial charge < -0.3 is 9.80 Å². The van der Waals surface area contributed by atoms with Crippen LogP contribution in [-0.2, 0) is 0 Å². The maximum Gasteiger partial charge on any atom is 0.252 e. The lowest BCUT2D eigenvalue weighted by atomic mass is 9.33. The number of fused-ring (bicyclic) bond motifs is 8. The fraction of sp³-hybridized carbons (Fsp3) is 0. The Hall–Kier alpha value is -9.96. The second-order valence-corrected chi connectivity index (χ2v) is 21.3. The van der Waals surface area contributed by atoms with Crippen LogP contribution < -0.4 is 26.2 Å². The van der Waals surface area contributed by atoms with Crippen LogP contribution in [0.4, 0.5) is 34.1 Å². The summed E-state index contributed by atoms with van der Waals surface area (Å²) in [6.45, 7) is -0.0871. The van der Waals surface area contributed by atoms with Crippen LogP contribution in [0.2, 0.25) is 0 Å². The van der Waals surface area contributed by atoms with Crippen molar-refractivity contribution in [1.29, 1.82) is 0 Å². The molecule has 3 heteroatoms. The van der Waals surface area contributed by atoms with Crippen LogP contribution in [0, 0.1) is 0 Å². The molecule has 354 valence electrons. The second kappa shape index (κ2) is 16.3. The molecule has 0 aliphatic carbocycles. The van der Waals surface area contributed by atoms with Gasteiger partial charge >= 0.3 is 0 Å². The highest BCUT2D eigenvalue weighted by Crippen LogP contribution is 2.49. The molecule has 15 aromatic rings. The number of anilines is 6. The zero-order valence-electron chi connectivity index (χ0n) is 42.0. The second-order valence-electron chi connectivity index (χ2n) is 21.3. The van der Waals surface area contributed by atoms with Gasteiger partial charge in [0.2, 0.25) is 0 Å². The van der Waals surface area contributed by atoms with Crippen molar-refractivity contribution in [3.8, 4) is 33.4 Å². The largest absolute Gasteiger partial charge is 0.311 e. The Morgan fingerprint density at radius 1 is 0.208 bits per heavy atom. The van der Waals surface area contributed by atoms with Crippen molar-refractivity contribution >= 4 is 133 Å². The van der Waals surface area contributed by atoms with Gasteiger partial charge in [-0.2, -0.15) is 0 Å². The lowest BCUT2D eigenvalue weighted by Crippen LogP contribution is -2.61. The van der Waals surface area contributed by atoms with Crippen molar-refractivity contribution in [3.63, 3.8) is 0 Å². The van der Waals surface area contributed by atoms with E-state index in [1.807, 2.05) is 0 Å². The molecule has 77 heavy (non-hydrogen) atoms. The third kappa shape index (κ3) is 6.51. The molecule has 2 heterocycles. The maximum atomic E-state index is 2.58. The summed E-state index contributed by atoms with van der Waals surface area (Å²) in [5.41, 5.74) is 18.0. The number of rotatable bonds is 5. The van der Waals surface area contributed by atoms with E-state index >= 15 is 0 Å². The Labute approximate surface area is 446 Å². The molecule has 0 spiro atoms. The molecule has 15 aromatic carbocycles. The first-order chi connectivity index (χ1) is 38.1. The molecule has 17 rings (SSSR count). The lowest BCUT2D eigenvalue weighted by molar-refractivity contribution is 1.26. The van der Waals surface area contributed by atoms with Crippen molar-refractivity contribution in [2.24, 2.45) is 0 Å². The van der Waals surface area contributed by atoms with Crippen LogP contribution in [0.5, 0.6) is 0 Å². The van der Waals surface area contributed by atoms with E-state index in [0.717, 1.165) is 11.4 Å². The van der Waals surface area contributed by atoms with Gasteiger partial charge in [-0.15, -0.1) is 0 Å². The van der Waals surface area contributed by atoms with Gasteiger partial charge in [0, 0.05) is 34.1 Å². The van der Waals surface area contributed by atoms with Gasteiger partial charge in [0.15, 0.2) is 0 Å². The SMILES string of the molecule is c1ccc(-c2ccc(N3c4cc5cc6ccccc6cc5cc4B4c5cc6cc7ccccc7cc6cc5N(c5ccc(-c6ccccc6)cc5)c5cc(-c6cc7ccc8cccc9ccc(c6)c7c89)cc3c54)cc2)cc1. The highest BCUT2D eigenvalue weighted by Gasteiger charge is 2.44. The topological polar surface area (TPSA) is 6.48 Å². The van der Waals surface area contributed by atoms with Gasteiger partial charge in [0.1, 0.15) is 0 Å². The van der Waals surface area contributed by atoms with Crippen LogP contribution in [-0.4, -0.2) is 6.71 Å². The number of hydrogen-bond acceptors (Lipinski definition) is 2. The van der Waals surface area contributed by atoms with E-state index in [-0.39, 0.29) is 6.71 Å². The Kier molecular flexibility index (Phi) is 8.96. The van der Waals surface area contributed by atoms with Crippen LogP contribution >= 0.6 is 0 Å². The molecule has 2 nitrogen and oxygen atoms in total. The third-order valence-electron chi connectivity index (χ3n) is 17.0. The molecule has 0 amide bonds. The van der Waals surface area contributed by atoms with Gasteiger partial charge in [-0.3, -0.25) is 0 Å². The normalized spacial score (nSPS) is 12.9. The molecule has 2 aliphatic heterocycles. The molecule has 0 bridgehead atoms. The summed E-state index contributed by atoms with van der Waals surface area (Å²) >= 11 is 0. The molecular weight excluding hydrogens is 928 g/mol. The maximum absolute atomic E-state index is 2.58. The van der Waals surface area contributed by atoms with Gasteiger partial charge in [-0.05, 0) is 210 Å². The first kappa shape index (κ1) is 42.4. The monoisotopic (exact) mass is 972 g/mol. The summed E-state index contributed by atoms with van der Waals surface area (Å²) < 4.78 is 0. The van der Waals surface area contributed by atoms with Crippen molar-refractivity contribution in [3.05, 3.63) is 273 Å². The smallest absolute Gasteiger partial charge is 0.252 e. The summed E-state index contributed by atoms with van der Waals surface area (Å²) in [4.78, 5) is 5.16. The van der Waals surface area contributed by atoms with Crippen LogP contribution in [0.25, 0.3) is 109 Å². The fourth-order valence-electron chi connectivity index (χ4n) is 13.4. The highest BCUT2D eigenvalue weighted by molar-refractivity contribution is 7.00. The predicted octanol–water partition coefficient (Wildman–Crippen LogP) is 18.3. The van der Waals surface area contributed by atoms with Crippen LogP contribution in [0.3, 0.4) is 0 Å². The van der Waals surface area contributed by atoms with E-state index in [1.54, 1.807) is 0 Å². The zero-order valence-corrected chi connectivity index (χ0v) is 42.0. The van der Waals surface area contributed by atoms with Gasteiger partial charge in [0.25, 0.3) is 6.71 Å². The number of nitrogens with zero attached hydrogens (tertiary/aromatic N) is 2. The molecule has 0 saturated carbocycles. The minimum Gasteiger partial charge on any atom is -0.311 e. The Morgan fingerprint density at radius 2 is 0.558 bits per heavy atom. The highest BCUT2D eigenvalue weighted by atomic mass is 15.2. The fourth-order valence-corrected chi connectivity index (χ4v) is 13.4. The first-order valence-electron chi connectivity index (χ1n) is 26.8. The molecule has 0 saturated heterocycles. The van der Waals surface area contributed by atoms with E-state index < -0.39 is 0 Å². The van der Waals surface area contributed by atoms with Crippen LogP contribution in [0.1, 0.15) is 0 Å². The summed E-state index contributed by atoms with van der Waals surface area (Å²) in [6, 6.07) is 103. The third-order valence-corrected chi connectivity index (χ3v) is 17.0. The zero-order chi connectivity index (χ0) is 50.3. The Bertz CT molecular complexity index is 4610. The van der Waals surface area contributed by atoms with Crippen molar-refractivity contribution in [1.82, 2.24) is 0 Å². The number of benzene rings is 15. The molecule has 2 aliphatic rings. The average molecular weight is 973 g/mol. The van der Waals surface area contributed by atoms with Crippen molar-refractivity contribution in [2.75, 3.05) is 9.80 Å². The quantitative estimate of drug-likeness (QED) is 0.0963. The summed E-state index contributed by atoms with van der Waals surface area (Å²) in [6.07, 6.45) is 0. The summed E-state index contributed by atoms with van der Waals surface area (Å²) in [5, 5.41) is 17.6. The van der Waals surface area contributed by atoms with Crippen LogP contribution in [0.15, 0.2) is 273 Å².